The fourth-order valence-electron chi connectivity index (χ4n) is 3.93. The van der Waals surface area contributed by atoms with Gasteiger partial charge in [-0.2, -0.15) is 0 Å². The van der Waals surface area contributed by atoms with Gasteiger partial charge in [-0.3, -0.25) is 0 Å². The zero-order chi connectivity index (χ0) is 15.6. The molecule has 0 bridgehead atoms. The molecule has 1 heteroatoms. The standard InChI is InChI=1S/C20H41N/c1-5-7-9-10-14-20(17-21-18(3)4)15-12-19(13-16-20)11-8-6-2/h18-19,21H,5-17H2,1-4H3. The Morgan fingerprint density at radius 2 is 1.62 bits per heavy atom. The molecule has 1 N–H and O–H groups in total. The smallest absolute Gasteiger partial charge is 0.00106 e. The van der Waals surface area contributed by atoms with E-state index in [1.54, 1.807) is 0 Å². The summed E-state index contributed by atoms with van der Waals surface area (Å²) >= 11 is 0. The first kappa shape index (κ1) is 19.0. The predicted molar refractivity (Wildman–Crippen MR) is 95.8 cm³/mol. The van der Waals surface area contributed by atoms with Gasteiger partial charge in [-0.1, -0.05) is 72.6 Å². The molecule has 0 atom stereocenters. The van der Waals surface area contributed by atoms with Crippen molar-refractivity contribution in [3.05, 3.63) is 0 Å². The van der Waals surface area contributed by atoms with Crippen molar-refractivity contribution in [1.82, 2.24) is 5.32 Å². The molecule has 1 nitrogen and oxygen atoms in total. The van der Waals surface area contributed by atoms with Gasteiger partial charge in [0.1, 0.15) is 0 Å². The Kier molecular flexibility index (Phi) is 9.64. The van der Waals surface area contributed by atoms with Crippen LogP contribution in [0.1, 0.15) is 105 Å². The third-order valence-corrected chi connectivity index (χ3v) is 5.58. The van der Waals surface area contributed by atoms with Gasteiger partial charge in [0.05, 0.1) is 0 Å². The molecule has 0 radical (unpaired) electrons. The number of hydrogen-bond acceptors (Lipinski definition) is 1. The minimum Gasteiger partial charge on any atom is -0.314 e. The lowest BCUT2D eigenvalue weighted by molar-refractivity contribution is 0.121. The van der Waals surface area contributed by atoms with Gasteiger partial charge < -0.3 is 5.32 Å². The Bertz CT molecular complexity index is 238. The highest BCUT2D eigenvalue weighted by molar-refractivity contribution is 4.88. The largest absolute Gasteiger partial charge is 0.314 e. The van der Waals surface area contributed by atoms with E-state index < -0.39 is 0 Å². The molecule has 0 amide bonds. The molecule has 0 heterocycles. The molecule has 0 saturated heterocycles. The van der Waals surface area contributed by atoms with Crippen molar-refractivity contribution in [3.8, 4) is 0 Å². The molecule has 0 spiro atoms. The van der Waals surface area contributed by atoms with Crippen LogP contribution in [0.2, 0.25) is 0 Å². The average Bonchev–Trinajstić information content (AvgIpc) is 2.49. The average molecular weight is 296 g/mol. The molecule has 1 aliphatic carbocycles. The topological polar surface area (TPSA) is 12.0 Å². The molecule has 0 unspecified atom stereocenters. The zero-order valence-electron chi connectivity index (χ0n) is 15.3. The molecule has 0 aromatic heterocycles. The number of hydrogen-bond donors (Lipinski definition) is 1. The lowest BCUT2D eigenvalue weighted by Gasteiger charge is -2.41. The van der Waals surface area contributed by atoms with Crippen molar-refractivity contribution in [3.63, 3.8) is 0 Å². The summed E-state index contributed by atoms with van der Waals surface area (Å²) in [6, 6.07) is 0.635. The molecular formula is C20H41N. The number of rotatable bonds is 11. The molecule has 126 valence electrons. The first-order chi connectivity index (χ1) is 10.1. The van der Waals surface area contributed by atoms with Crippen LogP contribution < -0.4 is 5.32 Å². The van der Waals surface area contributed by atoms with Gasteiger partial charge in [0.15, 0.2) is 0 Å². The van der Waals surface area contributed by atoms with Gasteiger partial charge >= 0.3 is 0 Å². The van der Waals surface area contributed by atoms with Gasteiger partial charge in [0.2, 0.25) is 0 Å². The van der Waals surface area contributed by atoms with E-state index in [2.05, 4.69) is 33.0 Å². The zero-order valence-corrected chi connectivity index (χ0v) is 15.3. The second kappa shape index (κ2) is 10.6. The highest BCUT2D eigenvalue weighted by atomic mass is 14.9. The van der Waals surface area contributed by atoms with Crippen LogP contribution in [-0.4, -0.2) is 12.6 Å². The van der Waals surface area contributed by atoms with E-state index in [1.807, 2.05) is 0 Å². The molecule has 1 fully saturated rings. The molecular weight excluding hydrogens is 254 g/mol. The summed E-state index contributed by atoms with van der Waals surface area (Å²) in [6.45, 7) is 10.5. The van der Waals surface area contributed by atoms with Crippen LogP contribution in [0.15, 0.2) is 0 Å². The van der Waals surface area contributed by atoms with E-state index in [0.717, 1.165) is 5.92 Å². The van der Waals surface area contributed by atoms with E-state index in [-0.39, 0.29) is 0 Å². The quantitative estimate of drug-likeness (QED) is 0.440. The second-order valence-electron chi connectivity index (χ2n) is 7.93. The monoisotopic (exact) mass is 295 g/mol. The van der Waals surface area contributed by atoms with Crippen LogP contribution in [0, 0.1) is 11.3 Å². The molecule has 1 aliphatic rings. The van der Waals surface area contributed by atoms with Crippen LogP contribution in [0.5, 0.6) is 0 Å². The Labute approximate surface area is 134 Å². The lowest BCUT2D eigenvalue weighted by atomic mass is 9.67. The van der Waals surface area contributed by atoms with E-state index >= 15 is 0 Å². The van der Waals surface area contributed by atoms with Gasteiger partial charge in [-0.05, 0) is 43.4 Å². The van der Waals surface area contributed by atoms with Gasteiger partial charge in [0.25, 0.3) is 0 Å². The third kappa shape index (κ3) is 7.68. The lowest BCUT2D eigenvalue weighted by Crippen LogP contribution is -2.40. The summed E-state index contributed by atoms with van der Waals surface area (Å²) in [5, 5.41) is 3.75. The van der Waals surface area contributed by atoms with Crippen LogP contribution in [0.4, 0.5) is 0 Å². The van der Waals surface area contributed by atoms with E-state index in [1.165, 1.54) is 83.6 Å². The molecule has 1 saturated carbocycles. The summed E-state index contributed by atoms with van der Waals surface area (Å²) in [5.74, 6) is 1.03. The number of nitrogens with one attached hydrogen (secondary N) is 1. The van der Waals surface area contributed by atoms with Crippen LogP contribution in [0.25, 0.3) is 0 Å². The Hall–Kier alpha value is -0.0400. The molecule has 0 aliphatic heterocycles. The Morgan fingerprint density at radius 3 is 2.19 bits per heavy atom. The second-order valence-corrected chi connectivity index (χ2v) is 7.93. The summed E-state index contributed by atoms with van der Waals surface area (Å²) in [4.78, 5) is 0. The maximum absolute atomic E-state index is 3.75. The van der Waals surface area contributed by atoms with Crippen molar-refractivity contribution in [2.75, 3.05) is 6.54 Å². The SMILES string of the molecule is CCCCCCC1(CNC(C)C)CCC(CCCC)CC1. The minimum atomic E-state index is 0.626. The van der Waals surface area contributed by atoms with E-state index in [4.69, 9.17) is 0 Å². The first-order valence-electron chi connectivity index (χ1n) is 9.85. The van der Waals surface area contributed by atoms with Gasteiger partial charge in [-0.15, -0.1) is 0 Å². The van der Waals surface area contributed by atoms with Crippen molar-refractivity contribution < 1.29 is 0 Å². The summed E-state index contributed by atoms with van der Waals surface area (Å²) in [5.41, 5.74) is 0.626. The fourth-order valence-corrected chi connectivity index (χ4v) is 3.93. The van der Waals surface area contributed by atoms with E-state index in [9.17, 15) is 0 Å². The normalized spacial score (nSPS) is 26.4. The van der Waals surface area contributed by atoms with Gasteiger partial charge in [0, 0.05) is 12.6 Å². The molecule has 0 aromatic carbocycles. The van der Waals surface area contributed by atoms with Crippen molar-refractivity contribution in [2.45, 2.75) is 111 Å². The number of unbranched alkanes of at least 4 members (excludes halogenated alkanes) is 4. The highest BCUT2D eigenvalue weighted by Crippen LogP contribution is 2.43. The maximum Gasteiger partial charge on any atom is 0.00106 e. The molecule has 0 aromatic rings. The third-order valence-electron chi connectivity index (χ3n) is 5.58. The maximum atomic E-state index is 3.75. The Balaban J connectivity index is 2.42. The van der Waals surface area contributed by atoms with Crippen LogP contribution in [0.3, 0.4) is 0 Å². The van der Waals surface area contributed by atoms with Crippen molar-refractivity contribution in [1.29, 1.82) is 0 Å². The van der Waals surface area contributed by atoms with Crippen molar-refractivity contribution in [2.24, 2.45) is 11.3 Å². The highest BCUT2D eigenvalue weighted by Gasteiger charge is 2.34. The van der Waals surface area contributed by atoms with Crippen LogP contribution in [-0.2, 0) is 0 Å². The first-order valence-corrected chi connectivity index (χ1v) is 9.85. The molecule has 1 rings (SSSR count). The fraction of sp³-hybridized carbons (Fsp3) is 1.00. The summed E-state index contributed by atoms with van der Waals surface area (Å²) in [7, 11) is 0. The summed E-state index contributed by atoms with van der Waals surface area (Å²) < 4.78 is 0. The van der Waals surface area contributed by atoms with E-state index in [0.29, 0.717) is 11.5 Å². The van der Waals surface area contributed by atoms with Gasteiger partial charge in [-0.25, -0.2) is 0 Å². The predicted octanol–water partition coefficient (Wildman–Crippen LogP) is 6.32. The minimum absolute atomic E-state index is 0.626. The van der Waals surface area contributed by atoms with Crippen LogP contribution >= 0.6 is 0 Å². The summed E-state index contributed by atoms with van der Waals surface area (Å²) in [6.07, 6.45) is 17.4. The Morgan fingerprint density at radius 1 is 0.952 bits per heavy atom. The van der Waals surface area contributed by atoms with Crippen molar-refractivity contribution >= 4 is 0 Å². The molecule has 21 heavy (non-hydrogen) atoms.